The number of ether oxygens (including phenoxy) is 1. The van der Waals surface area contributed by atoms with E-state index in [-0.39, 0.29) is 0 Å². The van der Waals surface area contributed by atoms with Crippen molar-refractivity contribution in [2.75, 3.05) is 11.9 Å². The number of hydrogen-bond acceptors (Lipinski definition) is 3. The van der Waals surface area contributed by atoms with Crippen LogP contribution in [0.15, 0.2) is 42.5 Å². The summed E-state index contributed by atoms with van der Waals surface area (Å²) in [7, 11) is 0. The number of rotatable bonds is 6. The van der Waals surface area contributed by atoms with Gasteiger partial charge in [-0.15, -0.1) is 0 Å². The fourth-order valence-corrected chi connectivity index (χ4v) is 2.05. The van der Waals surface area contributed by atoms with Crippen LogP contribution in [0, 0.1) is 18.3 Å². The monoisotopic (exact) mass is 280 g/mol. The number of nitrogens with one attached hydrogen (secondary N) is 1. The summed E-state index contributed by atoms with van der Waals surface area (Å²) >= 11 is 0. The summed E-state index contributed by atoms with van der Waals surface area (Å²) in [6.45, 7) is 5.61. The second-order valence-electron chi connectivity index (χ2n) is 4.98. The molecule has 0 aromatic heterocycles. The Hall–Kier alpha value is -2.47. The first-order valence-electron chi connectivity index (χ1n) is 7.19. The molecule has 1 N–H and O–H groups in total. The van der Waals surface area contributed by atoms with Crippen molar-refractivity contribution in [3.63, 3.8) is 0 Å². The number of aryl methyl sites for hydroxylation is 1. The van der Waals surface area contributed by atoms with Crippen molar-refractivity contribution in [2.45, 2.75) is 26.8 Å². The van der Waals surface area contributed by atoms with Crippen LogP contribution in [-0.4, -0.2) is 6.61 Å². The van der Waals surface area contributed by atoms with E-state index < -0.39 is 0 Å². The van der Waals surface area contributed by atoms with Crippen LogP contribution in [0.4, 0.5) is 5.69 Å². The minimum absolute atomic E-state index is 0.702. The van der Waals surface area contributed by atoms with Crippen LogP contribution < -0.4 is 10.1 Å². The highest BCUT2D eigenvalue weighted by Gasteiger charge is 2.01. The molecule has 0 spiro atoms. The Labute approximate surface area is 126 Å². The number of nitriles is 1. The van der Waals surface area contributed by atoms with E-state index in [9.17, 15) is 0 Å². The number of anilines is 1. The molecule has 0 atom stereocenters. The summed E-state index contributed by atoms with van der Waals surface area (Å²) in [5.41, 5.74) is 4.08. The Balaban J connectivity index is 1.95. The van der Waals surface area contributed by atoms with Crippen molar-refractivity contribution >= 4 is 5.69 Å². The molecule has 0 heterocycles. The fraction of sp³-hybridized carbons (Fsp3) is 0.278. The molecule has 0 aliphatic rings. The molecule has 0 unspecified atom stereocenters. The predicted molar refractivity (Wildman–Crippen MR) is 85.4 cm³/mol. The van der Waals surface area contributed by atoms with E-state index in [2.05, 4.69) is 18.3 Å². The zero-order valence-electron chi connectivity index (χ0n) is 12.5. The number of hydrogen-bond donors (Lipinski definition) is 1. The highest BCUT2D eigenvalue weighted by atomic mass is 16.5. The summed E-state index contributed by atoms with van der Waals surface area (Å²) in [6.07, 6.45) is 1.01. The van der Waals surface area contributed by atoms with Gasteiger partial charge in [0.25, 0.3) is 0 Å². The Bertz CT molecular complexity index is 627. The van der Waals surface area contributed by atoms with Gasteiger partial charge in [-0.1, -0.05) is 13.0 Å². The predicted octanol–water partition coefficient (Wildman–Crippen LogP) is 4.27. The SMILES string of the molecule is CCCOc1ccc(NCc2ccc(C#N)cc2C)cc1. The molecule has 0 aliphatic heterocycles. The van der Waals surface area contributed by atoms with Crippen LogP contribution in [0.3, 0.4) is 0 Å². The molecule has 0 aliphatic carbocycles. The van der Waals surface area contributed by atoms with E-state index in [1.54, 1.807) is 0 Å². The minimum atomic E-state index is 0.702. The van der Waals surface area contributed by atoms with Gasteiger partial charge >= 0.3 is 0 Å². The Kier molecular flexibility index (Phi) is 5.22. The van der Waals surface area contributed by atoms with Gasteiger partial charge in [-0.25, -0.2) is 0 Å². The minimum Gasteiger partial charge on any atom is -0.494 e. The Morgan fingerprint density at radius 2 is 1.90 bits per heavy atom. The van der Waals surface area contributed by atoms with Gasteiger partial charge < -0.3 is 10.1 Å². The molecule has 2 aromatic carbocycles. The van der Waals surface area contributed by atoms with Gasteiger partial charge in [-0.05, 0) is 60.9 Å². The highest BCUT2D eigenvalue weighted by Crippen LogP contribution is 2.18. The van der Waals surface area contributed by atoms with Gasteiger partial charge in [-0.3, -0.25) is 0 Å². The molecule has 21 heavy (non-hydrogen) atoms. The summed E-state index contributed by atoms with van der Waals surface area (Å²) < 4.78 is 5.56. The Morgan fingerprint density at radius 3 is 2.52 bits per heavy atom. The third-order valence-electron chi connectivity index (χ3n) is 3.28. The topological polar surface area (TPSA) is 45.0 Å². The first-order valence-corrected chi connectivity index (χ1v) is 7.19. The van der Waals surface area contributed by atoms with Gasteiger partial charge in [0, 0.05) is 12.2 Å². The summed E-state index contributed by atoms with van der Waals surface area (Å²) in [5.74, 6) is 0.900. The maximum absolute atomic E-state index is 8.87. The van der Waals surface area contributed by atoms with Crippen molar-refractivity contribution in [1.82, 2.24) is 0 Å². The van der Waals surface area contributed by atoms with Gasteiger partial charge in [-0.2, -0.15) is 5.26 Å². The van der Waals surface area contributed by atoms with Crippen molar-refractivity contribution in [1.29, 1.82) is 5.26 Å². The molecular formula is C18H20N2O. The lowest BCUT2D eigenvalue weighted by atomic mass is 10.1. The molecule has 108 valence electrons. The van der Waals surface area contributed by atoms with Gasteiger partial charge in [0.2, 0.25) is 0 Å². The third-order valence-corrected chi connectivity index (χ3v) is 3.28. The average Bonchev–Trinajstić information content (AvgIpc) is 2.52. The summed E-state index contributed by atoms with van der Waals surface area (Å²) in [6, 6.07) is 15.9. The van der Waals surface area contributed by atoms with E-state index in [0.29, 0.717) is 5.56 Å². The average molecular weight is 280 g/mol. The second-order valence-corrected chi connectivity index (χ2v) is 4.98. The molecule has 3 nitrogen and oxygen atoms in total. The molecule has 0 bridgehead atoms. The molecule has 0 saturated heterocycles. The Morgan fingerprint density at radius 1 is 1.14 bits per heavy atom. The van der Waals surface area contributed by atoms with Gasteiger partial charge in [0.05, 0.1) is 18.2 Å². The third kappa shape index (κ3) is 4.25. The second kappa shape index (κ2) is 7.35. The van der Waals surface area contributed by atoms with Crippen LogP contribution in [0.5, 0.6) is 5.75 Å². The largest absolute Gasteiger partial charge is 0.494 e. The maximum Gasteiger partial charge on any atom is 0.119 e. The molecular weight excluding hydrogens is 260 g/mol. The lowest BCUT2D eigenvalue weighted by Gasteiger charge is -2.10. The summed E-state index contributed by atoms with van der Waals surface area (Å²) in [4.78, 5) is 0. The first kappa shape index (κ1) is 14.9. The van der Waals surface area contributed by atoms with Crippen molar-refractivity contribution < 1.29 is 4.74 Å². The van der Waals surface area contributed by atoms with Crippen LogP contribution in [-0.2, 0) is 6.54 Å². The van der Waals surface area contributed by atoms with Crippen molar-refractivity contribution in [2.24, 2.45) is 0 Å². The van der Waals surface area contributed by atoms with Crippen LogP contribution in [0.25, 0.3) is 0 Å². The molecule has 0 fully saturated rings. The smallest absolute Gasteiger partial charge is 0.119 e. The molecule has 2 aromatic rings. The molecule has 0 radical (unpaired) electrons. The molecule has 0 saturated carbocycles. The molecule has 3 heteroatoms. The standard InChI is InChI=1S/C18H20N2O/c1-3-10-21-18-8-6-17(7-9-18)20-13-16-5-4-15(12-19)11-14(16)2/h4-9,11,20H,3,10,13H2,1-2H3. The number of nitrogens with zero attached hydrogens (tertiary/aromatic N) is 1. The van der Waals surface area contributed by atoms with E-state index >= 15 is 0 Å². The van der Waals surface area contributed by atoms with Gasteiger partial charge in [0.1, 0.15) is 5.75 Å². The number of benzene rings is 2. The zero-order valence-corrected chi connectivity index (χ0v) is 12.5. The zero-order chi connectivity index (χ0) is 15.1. The molecule has 0 amide bonds. The summed E-state index contributed by atoms with van der Waals surface area (Å²) in [5, 5.41) is 12.3. The maximum atomic E-state index is 8.87. The lowest BCUT2D eigenvalue weighted by molar-refractivity contribution is 0.317. The van der Waals surface area contributed by atoms with Crippen molar-refractivity contribution in [3.8, 4) is 11.8 Å². The normalized spacial score (nSPS) is 9.95. The quantitative estimate of drug-likeness (QED) is 0.859. The van der Waals surface area contributed by atoms with E-state index in [1.807, 2.05) is 49.4 Å². The lowest BCUT2D eigenvalue weighted by Crippen LogP contribution is -2.02. The van der Waals surface area contributed by atoms with Crippen LogP contribution >= 0.6 is 0 Å². The fourth-order valence-electron chi connectivity index (χ4n) is 2.05. The van der Waals surface area contributed by atoms with Crippen molar-refractivity contribution in [3.05, 3.63) is 59.2 Å². The van der Waals surface area contributed by atoms with Gasteiger partial charge in [0.15, 0.2) is 0 Å². The van der Waals surface area contributed by atoms with E-state index in [0.717, 1.165) is 36.6 Å². The highest BCUT2D eigenvalue weighted by molar-refractivity contribution is 5.47. The van der Waals surface area contributed by atoms with Crippen LogP contribution in [0.2, 0.25) is 0 Å². The van der Waals surface area contributed by atoms with E-state index in [1.165, 1.54) is 5.56 Å². The first-order chi connectivity index (χ1) is 10.2. The van der Waals surface area contributed by atoms with E-state index in [4.69, 9.17) is 10.00 Å². The molecule has 2 rings (SSSR count). The van der Waals surface area contributed by atoms with Crippen LogP contribution in [0.1, 0.15) is 30.0 Å².